The first-order chi connectivity index (χ1) is 9.63. The Labute approximate surface area is 119 Å². The molecule has 1 saturated heterocycles. The van der Waals surface area contributed by atoms with Crippen LogP contribution in [0.2, 0.25) is 0 Å². The van der Waals surface area contributed by atoms with Crippen LogP contribution in [0.15, 0.2) is 12.1 Å². The van der Waals surface area contributed by atoms with E-state index in [2.05, 4.69) is 16.8 Å². The van der Waals surface area contributed by atoms with Crippen LogP contribution in [0, 0.1) is 0 Å². The minimum atomic E-state index is -0.906. The Balaban J connectivity index is 2.22. The third-order valence-electron chi connectivity index (χ3n) is 3.63. The molecule has 0 aliphatic carbocycles. The largest absolute Gasteiger partial charge is 0.478 e. The summed E-state index contributed by atoms with van der Waals surface area (Å²) in [6.07, 6.45) is 3.13. The minimum Gasteiger partial charge on any atom is -0.478 e. The predicted octanol–water partition coefficient (Wildman–Crippen LogP) is 2.35. The third-order valence-corrected chi connectivity index (χ3v) is 3.63. The highest BCUT2D eigenvalue weighted by Crippen LogP contribution is 2.20. The van der Waals surface area contributed by atoms with Gasteiger partial charge in [0.15, 0.2) is 0 Å². The van der Waals surface area contributed by atoms with Crippen LogP contribution in [0.25, 0.3) is 0 Å². The van der Waals surface area contributed by atoms with Gasteiger partial charge in [-0.15, -0.1) is 0 Å². The van der Waals surface area contributed by atoms with E-state index >= 15 is 0 Å². The first-order valence-electron chi connectivity index (χ1n) is 7.24. The summed E-state index contributed by atoms with van der Waals surface area (Å²) in [5.41, 5.74) is 1.11. The number of aromatic nitrogens is 1. The molecule has 1 fully saturated rings. The van der Waals surface area contributed by atoms with Crippen molar-refractivity contribution >= 4 is 11.8 Å². The number of anilines is 1. The van der Waals surface area contributed by atoms with Crippen molar-refractivity contribution in [1.82, 2.24) is 4.98 Å². The van der Waals surface area contributed by atoms with Crippen molar-refractivity contribution in [3.05, 3.63) is 23.4 Å². The highest BCUT2D eigenvalue weighted by Gasteiger charge is 2.20. The molecule has 5 nitrogen and oxygen atoms in total. The number of rotatable bonds is 6. The molecule has 1 aromatic heterocycles. The fraction of sp³-hybridized carbons (Fsp3) is 0.600. The molecule has 2 heterocycles. The number of aromatic carboxylic acids is 1. The van der Waals surface area contributed by atoms with Crippen molar-refractivity contribution in [2.24, 2.45) is 0 Å². The summed E-state index contributed by atoms with van der Waals surface area (Å²) >= 11 is 0. The second kappa shape index (κ2) is 6.70. The molecular formula is C15H22N2O3. The number of aryl methyl sites for hydroxylation is 1. The van der Waals surface area contributed by atoms with Crippen LogP contribution < -0.4 is 4.90 Å². The number of pyridine rings is 1. The van der Waals surface area contributed by atoms with Gasteiger partial charge >= 0.3 is 5.97 Å². The zero-order chi connectivity index (χ0) is 14.5. The summed E-state index contributed by atoms with van der Waals surface area (Å²) in [7, 11) is 0. The summed E-state index contributed by atoms with van der Waals surface area (Å²) in [5.74, 6) is -0.170. The van der Waals surface area contributed by atoms with Crippen molar-refractivity contribution in [2.75, 3.05) is 24.6 Å². The van der Waals surface area contributed by atoms with Gasteiger partial charge < -0.3 is 14.7 Å². The quantitative estimate of drug-likeness (QED) is 0.865. The smallest absolute Gasteiger partial charge is 0.335 e. The molecule has 1 unspecified atom stereocenters. The van der Waals surface area contributed by atoms with Gasteiger partial charge in [0, 0.05) is 25.4 Å². The molecular weight excluding hydrogens is 256 g/mol. The molecule has 1 aromatic rings. The first kappa shape index (κ1) is 14.8. The van der Waals surface area contributed by atoms with Gasteiger partial charge in [-0.2, -0.15) is 0 Å². The average molecular weight is 278 g/mol. The van der Waals surface area contributed by atoms with Crippen molar-refractivity contribution < 1.29 is 14.6 Å². The first-order valence-corrected chi connectivity index (χ1v) is 7.24. The van der Waals surface area contributed by atoms with Gasteiger partial charge in [0.2, 0.25) is 0 Å². The number of carbonyl (C=O) groups is 1. The standard InChI is InChI=1S/C15H22N2O3/c1-3-12-8-11(15(18)19)9-14(16-12)17(4-2)10-13-6-5-7-20-13/h8-9,13H,3-7,10H2,1-2H3,(H,18,19). The minimum absolute atomic E-state index is 0.232. The van der Waals surface area contributed by atoms with Crippen LogP contribution in [-0.2, 0) is 11.2 Å². The molecule has 0 amide bonds. The average Bonchev–Trinajstić information content (AvgIpc) is 2.97. The van der Waals surface area contributed by atoms with E-state index in [0.717, 1.165) is 50.5 Å². The number of hydrogen-bond acceptors (Lipinski definition) is 4. The molecule has 0 radical (unpaired) electrons. The highest BCUT2D eigenvalue weighted by atomic mass is 16.5. The lowest BCUT2D eigenvalue weighted by Gasteiger charge is -2.25. The zero-order valence-electron chi connectivity index (χ0n) is 12.1. The maximum atomic E-state index is 11.2. The topological polar surface area (TPSA) is 62.7 Å². The van der Waals surface area contributed by atoms with Gasteiger partial charge in [-0.3, -0.25) is 0 Å². The summed E-state index contributed by atoms with van der Waals surface area (Å²) in [5, 5.41) is 9.20. The highest BCUT2D eigenvalue weighted by molar-refractivity contribution is 5.88. The Bertz CT molecular complexity index is 470. The Hall–Kier alpha value is -1.62. The number of ether oxygens (including phenoxy) is 1. The normalized spacial score (nSPS) is 18.2. The van der Waals surface area contributed by atoms with Crippen LogP contribution in [0.3, 0.4) is 0 Å². The van der Waals surface area contributed by atoms with Gasteiger partial charge in [0.25, 0.3) is 0 Å². The van der Waals surface area contributed by atoms with Crippen molar-refractivity contribution in [3.8, 4) is 0 Å². The van der Waals surface area contributed by atoms with Crippen LogP contribution in [-0.4, -0.2) is 41.9 Å². The number of likely N-dealkylation sites (N-methyl/N-ethyl adjacent to an activating group) is 1. The van der Waals surface area contributed by atoms with E-state index in [-0.39, 0.29) is 6.10 Å². The number of nitrogens with zero attached hydrogens (tertiary/aromatic N) is 2. The van der Waals surface area contributed by atoms with E-state index in [1.54, 1.807) is 12.1 Å². The maximum Gasteiger partial charge on any atom is 0.335 e. The lowest BCUT2D eigenvalue weighted by atomic mass is 10.1. The molecule has 20 heavy (non-hydrogen) atoms. The van der Waals surface area contributed by atoms with Crippen molar-refractivity contribution in [3.63, 3.8) is 0 Å². The lowest BCUT2D eigenvalue weighted by molar-refractivity contribution is 0.0696. The summed E-state index contributed by atoms with van der Waals surface area (Å²) in [6.45, 7) is 6.42. The molecule has 1 N–H and O–H groups in total. The fourth-order valence-corrected chi connectivity index (χ4v) is 2.46. The fourth-order valence-electron chi connectivity index (χ4n) is 2.46. The molecule has 0 spiro atoms. The van der Waals surface area contributed by atoms with Gasteiger partial charge in [-0.05, 0) is 38.3 Å². The summed E-state index contributed by atoms with van der Waals surface area (Å²) < 4.78 is 5.66. The zero-order valence-corrected chi connectivity index (χ0v) is 12.1. The van der Waals surface area contributed by atoms with E-state index in [9.17, 15) is 9.90 Å². The van der Waals surface area contributed by atoms with E-state index < -0.39 is 5.97 Å². The number of carboxylic acids is 1. The molecule has 0 saturated carbocycles. The molecule has 0 aromatic carbocycles. The van der Waals surface area contributed by atoms with E-state index in [0.29, 0.717) is 5.56 Å². The molecule has 1 aliphatic rings. The maximum absolute atomic E-state index is 11.2. The van der Waals surface area contributed by atoms with Crippen LogP contribution in [0.1, 0.15) is 42.7 Å². The van der Waals surface area contributed by atoms with Gasteiger partial charge in [0.1, 0.15) is 5.82 Å². The van der Waals surface area contributed by atoms with Crippen LogP contribution in [0.5, 0.6) is 0 Å². The molecule has 1 atom stereocenters. The van der Waals surface area contributed by atoms with Gasteiger partial charge in [0.05, 0.1) is 11.7 Å². The van der Waals surface area contributed by atoms with Gasteiger partial charge in [-0.1, -0.05) is 6.92 Å². The third kappa shape index (κ3) is 3.48. The Morgan fingerprint density at radius 2 is 2.30 bits per heavy atom. The lowest BCUT2D eigenvalue weighted by Crippen LogP contribution is -2.33. The second-order valence-corrected chi connectivity index (χ2v) is 5.04. The van der Waals surface area contributed by atoms with Crippen molar-refractivity contribution in [2.45, 2.75) is 39.2 Å². The molecule has 0 bridgehead atoms. The Morgan fingerprint density at radius 1 is 1.50 bits per heavy atom. The number of carboxylic acid groups (broad SMARTS) is 1. The summed E-state index contributed by atoms with van der Waals surface area (Å²) in [4.78, 5) is 17.9. The Kier molecular flexibility index (Phi) is 4.95. The van der Waals surface area contributed by atoms with Crippen LogP contribution in [0.4, 0.5) is 5.82 Å². The second-order valence-electron chi connectivity index (χ2n) is 5.04. The van der Waals surface area contributed by atoms with E-state index in [1.165, 1.54) is 0 Å². The monoisotopic (exact) mass is 278 g/mol. The Morgan fingerprint density at radius 3 is 2.85 bits per heavy atom. The predicted molar refractivity (Wildman–Crippen MR) is 77.4 cm³/mol. The van der Waals surface area contributed by atoms with Gasteiger partial charge in [-0.25, -0.2) is 9.78 Å². The molecule has 5 heteroatoms. The van der Waals surface area contributed by atoms with E-state index in [4.69, 9.17) is 4.74 Å². The molecule has 110 valence electrons. The van der Waals surface area contributed by atoms with Crippen molar-refractivity contribution in [1.29, 1.82) is 0 Å². The summed E-state index contributed by atoms with van der Waals surface area (Å²) in [6, 6.07) is 3.30. The van der Waals surface area contributed by atoms with Crippen LogP contribution >= 0.6 is 0 Å². The molecule has 2 rings (SSSR count). The molecule has 1 aliphatic heterocycles. The van der Waals surface area contributed by atoms with E-state index in [1.807, 2.05) is 6.92 Å². The SMILES string of the molecule is CCc1cc(C(=O)O)cc(N(CC)CC2CCCO2)n1. The number of hydrogen-bond donors (Lipinski definition) is 1.